The van der Waals surface area contributed by atoms with Crippen LogP contribution in [0.2, 0.25) is 18.1 Å². The van der Waals surface area contributed by atoms with E-state index in [1.54, 1.807) is 13.8 Å². The van der Waals surface area contributed by atoms with Gasteiger partial charge in [0.15, 0.2) is 8.32 Å². The summed E-state index contributed by atoms with van der Waals surface area (Å²) in [6.07, 6.45) is 0.917. The Morgan fingerprint density at radius 1 is 1.16 bits per heavy atom. The molecule has 0 unspecified atom stereocenters. The van der Waals surface area contributed by atoms with Gasteiger partial charge in [-0.05, 0) is 37.9 Å². The summed E-state index contributed by atoms with van der Waals surface area (Å²) < 4.78 is 12.3. The maximum Gasteiger partial charge on any atom is 0.342 e. The highest BCUT2D eigenvalue weighted by molar-refractivity contribution is 6.74. The van der Waals surface area contributed by atoms with Crippen molar-refractivity contribution in [2.24, 2.45) is 5.92 Å². The molecule has 0 aromatic carbocycles. The lowest BCUT2D eigenvalue weighted by Crippen LogP contribution is -2.47. The standard InChI is InChI=1S/C20H36O4Si/c1-11-12(2)17(24-25(9,10)20(6,7)8)15(5)18-13(3)16(21)14(4)19(22)23-18/h12,15,17,21H,11H2,1-10H3/t12-,15+,17-/m0/s1. The molecule has 0 saturated carbocycles. The van der Waals surface area contributed by atoms with E-state index in [0.717, 1.165) is 6.42 Å². The molecule has 1 N–H and O–H groups in total. The van der Waals surface area contributed by atoms with Crippen LogP contribution in [-0.2, 0) is 4.43 Å². The number of hydrogen-bond donors (Lipinski definition) is 1. The highest BCUT2D eigenvalue weighted by Gasteiger charge is 2.42. The Balaban J connectivity index is 3.37. The molecule has 0 aliphatic heterocycles. The first-order valence-corrected chi connectivity index (χ1v) is 12.2. The highest BCUT2D eigenvalue weighted by atomic mass is 28.4. The third kappa shape index (κ3) is 4.56. The van der Waals surface area contributed by atoms with Gasteiger partial charge in [-0.3, -0.25) is 0 Å². The molecule has 5 heteroatoms. The van der Waals surface area contributed by atoms with E-state index in [1.165, 1.54) is 0 Å². The van der Waals surface area contributed by atoms with Crippen molar-refractivity contribution in [3.63, 3.8) is 0 Å². The molecule has 0 bridgehead atoms. The summed E-state index contributed by atoms with van der Waals surface area (Å²) in [5.41, 5.74) is 0.427. The average Bonchev–Trinajstić information content (AvgIpc) is 2.51. The maximum absolute atomic E-state index is 12.1. The van der Waals surface area contributed by atoms with Gasteiger partial charge in [0.05, 0.1) is 11.7 Å². The lowest BCUT2D eigenvalue weighted by Gasteiger charge is -2.42. The second-order valence-corrected chi connectivity index (χ2v) is 13.6. The molecule has 1 aromatic heterocycles. The molecule has 3 atom stereocenters. The van der Waals surface area contributed by atoms with Crippen molar-refractivity contribution in [1.82, 2.24) is 0 Å². The quantitative estimate of drug-likeness (QED) is 0.673. The van der Waals surface area contributed by atoms with Crippen molar-refractivity contribution in [2.75, 3.05) is 0 Å². The minimum Gasteiger partial charge on any atom is -0.507 e. The van der Waals surface area contributed by atoms with Crippen LogP contribution >= 0.6 is 0 Å². The first kappa shape index (κ1) is 22.0. The molecule has 0 spiro atoms. The molecule has 25 heavy (non-hydrogen) atoms. The first-order valence-electron chi connectivity index (χ1n) is 9.25. The van der Waals surface area contributed by atoms with Gasteiger partial charge >= 0.3 is 5.63 Å². The Kier molecular flexibility index (Phi) is 6.73. The van der Waals surface area contributed by atoms with Crippen LogP contribution in [0.1, 0.15) is 70.8 Å². The van der Waals surface area contributed by atoms with Crippen molar-refractivity contribution in [3.8, 4) is 5.75 Å². The van der Waals surface area contributed by atoms with Gasteiger partial charge in [-0.25, -0.2) is 4.79 Å². The summed E-state index contributed by atoms with van der Waals surface area (Å²) in [7, 11) is -1.98. The number of hydrogen-bond acceptors (Lipinski definition) is 4. The Bertz CT molecular complexity index is 655. The van der Waals surface area contributed by atoms with Gasteiger partial charge in [-0.2, -0.15) is 0 Å². The fourth-order valence-corrected chi connectivity index (χ4v) is 4.26. The summed E-state index contributed by atoms with van der Waals surface area (Å²) in [6, 6.07) is 0. The van der Waals surface area contributed by atoms with Crippen molar-refractivity contribution >= 4 is 8.32 Å². The van der Waals surface area contributed by atoms with Gasteiger partial charge in [0.1, 0.15) is 11.5 Å². The van der Waals surface area contributed by atoms with E-state index in [0.29, 0.717) is 17.2 Å². The van der Waals surface area contributed by atoms with Gasteiger partial charge in [-0.1, -0.05) is 48.0 Å². The van der Waals surface area contributed by atoms with Crippen LogP contribution < -0.4 is 5.63 Å². The average molecular weight is 369 g/mol. The van der Waals surface area contributed by atoms with Crippen molar-refractivity contribution < 1.29 is 13.9 Å². The van der Waals surface area contributed by atoms with Crippen molar-refractivity contribution in [2.45, 2.75) is 92.0 Å². The molecule has 0 aliphatic rings. The van der Waals surface area contributed by atoms with Gasteiger partial charge in [0.25, 0.3) is 0 Å². The van der Waals surface area contributed by atoms with E-state index in [4.69, 9.17) is 8.84 Å². The molecule has 1 rings (SSSR count). The zero-order valence-electron chi connectivity index (χ0n) is 17.6. The van der Waals surface area contributed by atoms with Crippen LogP contribution in [0.5, 0.6) is 5.75 Å². The predicted molar refractivity (Wildman–Crippen MR) is 106 cm³/mol. The predicted octanol–water partition coefficient (Wildman–Crippen LogP) is 5.50. The Morgan fingerprint density at radius 2 is 1.68 bits per heavy atom. The summed E-state index contributed by atoms with van der Waals surface area (Å²) in [6.45, 7) is 20.9. The van der Waals surface area contributed by atoms with E-state index in [2.05, 4.69) is 47.7 Å². The van der Waals surface area contributed by atoms with Crippen LogP contribution in [0.3, 0.4) is 0 Å². The van der Waals surface area contributed by atoms with Crippen LogP contribution in [0.15, 0.2) is 9.21 Å². The van der Waals surface area contributed by atoms with Gasteiger partial charge in [-0.15, -0.1) is 0 Å². The molecule has 0 aliphatic carbocycles. The molecule has 0 fully saturated rings. The minimum atomic E-state index is -1.98. The summed E-state index contributed by atoms with van der Waals surface area (Å²) in [5, 5.41) is 10.4. The first-order chi connectivity index (χ1) is 11.2. The van der Waals surface area contributed by atoms with Gasteiger partial charge < -0.3 is 13.9 Å². The SMILES string of the molecule is CC[C@H](C)[C@H](O[Si](C)(C)C(C)(C)C)[C@@H](C)c1oc(=O)c(C)c(O)c1C. The zero-order valence-corrected chi connectivity index (χ0v) is 18.6. The van der Waals surface area contributed by atoms with E-state index in [1.807, 2.05) is 6.92 Å². The van der Waals surface area contributed by atoms with E-state index >= 15 is 0 Å². The zero-order chi connectivity index (χ0) is 19.7. The third-order valence-electron chi connectivity index (χ3n) is 5.94. The molecule has 0 saturated heterocycles. The molecule has 0 amide bonds. The lowest BCUT2D eigenvalue weighted by molar-refractivity contribution is 0.0919. The summed E-state index contributed by atoms with van der Waals surface area (Å²) in [5.74, 6) is 0.783. The van der Waals surface area contributed by atoms with Crippen LogP contribution in [0.25, 0.3) is 0 Å². The molecule has 4 nitrogen and oxygen atoms in total. The summed E-state index contributed by atoms with van der Waals surface area (Å²) >= 11 is 0. The third-order valence-corrected chi connectivity index (χ3v) is 10.4. The van der Waals surface area contributed by atoms with Crippen LogP contribution in [-0.4, -0.2) is 19.5 Å². The van der Waals surface area contributed by atoms with Crippen molar-refractivity contribution in [3.05, 3.63) is 27.3 Å². The Labute approximate surface area is 153 Å². The van der Waals surface area contributed by atoms with Gasteiger partial charge in [0.2, 0.25) is 0 Å². The lowest BCUT2D eigenvalue weighted by atomic mass is 9.88. The minimum absolute atomic E-state index is 0.0355. The molecular formula is C20H36O4Si. The number of aromatic hydroxyl groups is 1. The maximum atomic E-state index is 12.1. The fraction of sp³-hybridized carbons (Fsp3) is 0.750. The van der Waals surface area contributed by atoms with Crippen LogP contribution in [0, 0.1) is 19.8 Å². The fourth-order valence-electron chi connectivity index (χ4n) is 2.79. The Morgan fingerprint density at radius 3 is 2.12 bits per heavy atom. The molecule has 0 radical (unpaired) electrons. The smallest absolute Gasteiger partial charge is 0.342 e. The molecule has 1 aromatic rings. The molecule has 144 valence electrons. The normalized spacial score (nSPS) is 16.6. The molecule has 1 heterocycles. The second-order valence-electron chi connectivity index (χ2n) is 8.87. The van der Waals surface area contributed by atoms with E-state index in [9.17, 15) is 9.90 Å². The second kappa shape index (κ2) is 7.66. The van der Waals surface area contributed by atoms with Gasteiger partial charge in [0, 0.05) is 11.5 Å². The largest absolute Gasteiger partial charge is 0.507 e. The molecular weight excluding hydrogens is 332 g/mol. The highest BCUT2D eigenvalue weighted by Crippen LogP contribution is 2.41. The summed E-state index contributed by atoms with van der Waals surface area (Å²) in [4.78, 5) is 12.1. The monoisotopic (exact) mass is 368 g/mol. The van der Waals surface area contributed by atoms with Crippen molar-refractivity contribution in [1.29, 1.82) is 0 Å². The topological polar surface area (TPSA) is 59.7 Å². The van der Waals surface area contributed by atoms with E-state index < -0.39 is 13.9 Å². The van der Waals surface area contributed by atoms with Crippen LogP contribution in [0.4, 0.5) is 0 Å². The van der Waals surface area contributed by atoms with E-state index in [-0.39, 0.29) is 28.4 Å². The number of rotatable bonds is 6. The Hall–Kier alpha value is -1.07.